The maximum atomic E-state index is 10.7. The lowest BCUT2D eigenvalue weighted by molar-refractivity contribution is -0.108. The highest BCUT2D eigenvalue weighted by atomic mass is 16.3. The van der Waals surface area contributed by atoms with Crippen LogP contribution < -0.4 is 0 Å². The molecule has 8 nitrogen and oxygen atoms in total. The van der Waals surface area contributed by atoms with Crippen molar-refractivity contribution in [3.63, 3.8) is 0 Å². The van der Waals surface area contributed by atoms with Crippen LogP contribution in [0.25, 0.3) is 22.2 Å². The molecule has 0 aliphatic carbocycles. The van der Waals surface area contributed by atoms with E-state index in [1.54, 1.807) is 23.3 Å². The number of benzene rings is 1. The molecular formula is C23H19N7O. The molecule has 1 aromatic carbocycles. The quantitative estimate of drug-likeness (QED) is 0.523. The van der Waals surface area contributed by atoms with Crippen LogP contribution in [0.3, 0.4) is 0 Å². The zero-order valence-corrected chi connectivity index (χ0v) is 16.6. The lowest BCUT2D eigenvalue weighted by atomic mass is 9.86. The molecule has 0 spiro atoms. The Kier molecular flexibility index (Phi) is 4.52. The monoisotopic (exact) mass is 409 g/mol. The first-order valence-corrected chi connectivity index (χ1v) is 9.91. The van der Waals surface area contributed by atoms with E-state index in [1.807, 2.05) is 47.5 Å². The molecule has 8 heteroatoms. The summed E-state index contributed by atoms with van der Waals surface area (Å²) < 4.78 is 1.81. The minimum Gasteiger partial charge on any atom is -0.374 e. The van der Waals surface area contributed by atoms with Crippen LogP contribution in [0, 0.1) is 22.7 Å². The molecule has 4 heterocycles. The first-order chi connectivity index (χ1) is 15.1. The topological polar surface area (TPSA) is 118 Å². The summed E-state index contributed by atoms with van der Waals surface area (Å²) in [6, 6.07) is 15.8. The van der Waals surface area contributed by atoms with E-state index in [4.69, 9.17) is 0 Å². The highest BCUT2D eigenvalue weighted by molar-refractivity contribution is 5.95. The summed E-state index contributed by atoms with van der Waals surface area (Å²) in [5.41, 5.74) is 3.03. The highest BCUT2D eigenvalue weighted by Gasteiger charge is 2.48. The Morgan fingerprint density at radius 3 is 2.71 bits per heavy atom. The summed E-state index contributed by atoms with van der Waals surface area (Å²) >= 11 is 0. The van der Waals surface area contributed by atoms with Gasteiger partial charge in [-0.25, -0.2) is 4.98 Å². The zero-order chi connectivity index (χ0) is 21.4. The van der Waals surface area contributed by atoms with Crippen molar-refractivity contribution in [1.82, 2.24) is 24.6 Å². The van der Waals surface area contributed by atoms with E-state index in [9.17, 15) is 15.6 Å². The van der Waals surface area contributed by atoms with Crippen molar-refractivity contribution >= 4 is 11.0 Å². The summed E-state index contributed by atoms with van der Waals surface area (Å²) in [4.78, 5) is 9.28. The van der Waals surface area contributed by atoms with Gasteiger partial charge in [-0.1, -0.05) is 30.3 Å². The van der Waals surface area contributed by atoms with Crippen molar-refractivity contribution in [3.8, 4) is 23.3 Å². The first kappa shape index (κ1) is 19.0. The van der Waals surface area contributed by atoms with Crippen molar-refractivity contribution in [2.45, 2.75) is 18.2 Å². The number of nitrogens with zero attached hydrogens (tertiary/aromatic N) is 6. The van der Waals surface area contributed by atoms with Crippen LogP contribution in [0.4, 0.5) is 0 Å². The molecule has 1 saturated heterocycles. The summed E-state index contributed by atoms with van der Waals surface area (Å²) in [5.74, 6) is 0. The molecule has 0 bridgehead atoms. The average molecular weight is 409 g/mol. The van der Waals surface area contributed by atoms with E-state index in [1.165, 1.54) is 0 Å². The average Bonchev–Trinajstić information content (AvgIpc) is 3.45. The third kappa shape index (κ3) is 3.06. The Morgan fingerprint density at radius 2 is 1.97 bits per heavy atom. The number of likely N-dealkylation sites (tertiary alicyclic amines) is 1. The van der Waals surface area contributed by atoms with Crippen molar-refractivity contribution in [1.29, 1.82) is 10.5 Å². The number of H-pyrrole nitrogens is 1. The third-order valence-corrected chi connectivity index (χ3v) is 5.91. The number of aliphatic hydroxyl groups is 1. The van der Waals surface area contributed by atoms with Crippen LogP contribution >= 0.6 is 0 Å². The van der Waals surface area contributed by atoms with Gasteiger partial charge in [0.15, 0.2) is 0 Å². The minimum atomic E-state index is -0.729. The molecule has 0 saturated carbocycles. The second-order valence-electron chi connectivity index (χ2n) is 7.82. The smallest absolute Gasteiger partial charge is 0.137 e. The fourth-order valence-electron chi connectivity index (χ4n) is 4.32. The molecule has 4 aromatic rings. The Bertz CT molecular complexity index is 1320. The molecule has 1 unspecified atom stereocenters. The van der Waals surface area contributed by atoms with Gasteiger partial charge in [-0.15, -0.1) is 0 Å². The van der Waals surface area contributed by atoms with E-state index in [2.05, 4.69) is 27.2 Å². The van der Waals surface area contributed by atoms with Crippen molar-refractivity contribution in [2.75, 3.05) is 13.1 Å². The summed E-state index contributed by atoms with van der Waals surface area (Å²) in [7, 11) is 0. The second-order valence-corrected chi connectivity index (χ2v) is 7.82. The van der Waals surface area contributed by atoms with Crippen LogP contribution in [0.15, 0.2) is 61.2 Å². The molecule has 1 atom stereocenters. The van der Waals surface area contributed by atoms with Gasteiger partial charge in [0.2, 0.25) is 0 Å². The van der Waals surface area contributed by atoms with Crippen LogP contribution in [-0.2, 0) is 5.54 Å². The molecule has 1 fully saturated rings. The Balaban J connectivity index is 1.47. The van der Waals surface area contributed by atoms with Gasteiger partial charge in [0, 0.05) is 48.2 Å². The molecule has 5 rings (SSSR count). The van der Waals surface area contributed by atoms with E-state index in [0.29, 0.717) is 24.3 Å². The molecule has 0 radical (unpaired) electrons. The first-order valence-electron chi connectivity index (χ1n) is 9.91. The zero-order valence-electron chi connectivity index (χ0n) is 16.6. The largest absolute Gasteiger partial charge is 0.374 e. The number of hydrogen-bond donors (Lipinski definition) is 2. The number of fused-ring (bicyclic) bond motifs is 1. The van der Waals surface area contributed by atoms with Crippen molar-refractivity contribution < 1.29 is 5.11 Å². The van der Waals surface area contributed by atoms with Gasteiger partial charge in [0.25, 0.3) is 0 Å². The molecule has 31 heavy (non-hydrogen) atoms. The van der Waals surface area contributed by atoms with Crippen LogP contribution in [0.5, 0.6) is 0 Å². The molecule has 1 aliphatic rings. The number of hydrogen-bond acceptors (Lipinski definition) is 6. The lowest BCUT2D eigenvalue weighted by Crippen LogP contribution is -2.63. The standard InChI is InChI=1S/C23H19N7O/c24-8-7-23(14-29(15-23)22(31)16-4-2-1-3-5-16)30-13-18(12-28-30)20-17(10-25)11-27-21-19(20)6-9-26-21/h1-6,9,11-13,22,31H,7,14-15H2,(H,26,27). The van der Waals surface area contributed by atoms with Gasteiger partial charge >= 0.3 is 0 Å². The molecule has 3 aromatic heterocycles. The van der Waals surface area contributed by atoms with Gasteiger partial charge in [-0.3, -0.25) is 9.58 Å². The van der Waals surface area contributed by atoms with Crippen LogP contribution in [0.2, 0.25) is 0 Å². The Hall–Kier alpha value is -3.98. The summed E-state index contributed by atoms with van der Waals surface area (Å²) in [6.45, 7) is 0.998. The van der Waals surface area contributed by atoms with E-state index >= 15 is 0 Å². The highest BCUT2D eigenvalue weighted by Crippen LogP contribution is 2.38. The Labute approximate surface area is 178 Å². The summed E-state index contributed by atoms with van der Waals surface area (Å²) in [6.07, 6.45) is 6.49. The normalized spacial score (nSPS) is 16.4. The number of aromatic nitrogens is 4. The van der Waals surface area contributed by atoms with E-state index in [-0.39, 0.29) is 6.42 Å². The number of pyridine rings is 1. The Morgan fingerprint density at radius 1 is 1.16 bits per heavy atom. The molecular weight excluding hydrogens is 390 g/mol. The van der Waals surface area contributed by atoms with Crippen LogP contribution in [-0.4, -0.2) is 42.8 Å². The van der Waals surface area contributed by atoms with Gasteiger partial charge in [0.05, 0.1) is 24.3 Å². The van der Waals surface area contributed by atoms with Gasteiger partial charge in [-0.05, 0) is 11.6 Å². The fraction of sp³-hybridized carbons (Fsp3) is 0.217. The minimum absolute atomic E-state index is 0.271. The third-order valence-electron chi connectivity index (χ3n) is 5.91. The number of aromatic amines is 1. The number of rotatable bonds is 5. The maximum absolute atomic E-state index is 10.7. The molecule has 0 amide bonds. The predicted molar refractivity (Wildman–Crippen MR) is 113 cm³/mol. The SMILES string of the molecule is N#CCC1(n2cc(-c3c(C#N)cnc4[nH]ccc34)cn2)CN(C(O)c2ccccc2)C1. The number of nitrogens with one attached hydrogen (secondary N) is 1. The molecule has 2 N–H and O–H groups in total. The van der Waals surface area contributed by atoms with Gasteiger partial charge in [0.1, 0.15) is 23.5 Å². The molecule has 1 aliphatic heterocycles. The van der Waals surface area contributed by atoms with Gasteiger partial charge < -0.3 is 10.1 Å². The predicted octanol–water partition coefficient (Wildman–Crippen LogP) is 2.91. The van der Waals surface area contributed by atoms with E-state index in [0.717, 1.165) is 22.1 Å². The fourth-order valence-corrected chi connectivity index (χ4v) is 4.32. The lowest BCUT2D eigenvalue weighted by Gasteiger charge is -2.50. The van der Waals surface area contributed by atoms with Gasteiger partial charge in [-0.2, -0.15) is 15.6 Å². The van der Waals surface area contributed by atoms with Crippen LogP contribution in [0.1, 0.15) is 23.8 Å². The van der Waals surface area contributed by atoms with E-state index < -0.39 is 11.8 Å². The number of aliphatic hydroxyl groups excluding tert-OH is 1. The summed E-state index contributed by atoms with van der Waals surface area (Å²) in [5, 5.41) is 35.2. The second kappa shape index (κ2) is 7.37. The number of nitriles is 2. The molecule has 152 valence electrons. The maximum Gasteiger partial charge on any atom is 0.137 e. The van der Waals surface area contributed by atoms with Crippen molar-refractivity contribution in [3.05, 3.63) is 72.3 Å². The van der Waals surface area contributed by atoms with Crippen molar-refractivity contribution in [2.24, 2.45) is 0 Å².